The molecule has 1 aromatic heterocycles. The number of ether oxygens (including phenoxy) is 1. The number of rotatable bonds is 5. The van der Waals surface area contributed by atoms with Gasteiger partial charge in [0.15, 0.2) is 0 Å². The van der Waals surface area contributed by atoms with Crippen LogP contribution in [-0.2, 0) is 0 Å². The lowest BCUT2D eigenvalue weighted by Crippen LogP contribution is -2.01. The fourth-order valence-electron chi connectivity index (χ4n) is 2.06. The van der Waals surface area contributed by atoms with Crippen molar-refractivity contribution in [3.63, 3.8) is 0 Å². The van der Waals surface area contributed by atoms with Crippen LogP contribution in [0.2, 0.25) is 0 Å². The van der Waals surface area contributed by atoms with Crippen LogP contribution in [0, 0.1) is 20.8 Å². The highest BCUT2D eigenvalue weighted by atomic mass is 16.5. The minimum atomic E-state index is 0.812. The minimum Gasteiger partial charge on any atom is -0.457 e. The van der Waals surface area contributed by atoms with Crippen LogP contribution in [0.25, 0.3) is 0 Å². The summed E-state index contributed by atoms with van der Waals surface area (Å²) < 4.78 is 6.01. The average molecular weight is 270 g/mol. The zero-order valence-electron chi connectivity index (χ0n) is 12.7. The second kappa shape index (κ2) is 6.42. The van der Waals surface area contributed by atoms with Crippen molar-refractivity contribution in [2.75, 3.05) is 11.9 Å². The first-order chi connectivity index (χ1) is 9.60. The lowest BCUT2D eigenvalue weighted by molar-refractivity contribution is 0.477. The Balaban J connectivity index is 2.21. The Bertz CT molecular complexity index is 594. The van der Waals surface area contributed by atoms with Gasteiger partial charge < -0.3 is 10.1 Å². The van der Waals surface area contributed by atoms with Gasteiger partial charge in [0.25, 0.3) is 0 Å². The van der Waals surface area contributed by atoms with E-state index in [9.17, 15) is 0 Å². The van der Waals surface area contributed by atoms with Crippen LogP contribution in [-0.4, -0.2) is 11.5 Å². The van der Waals surface area contributed by atoms with Crippen LogP contribution in [0.15, 0.2) is 30.5 Å². The van der Waals surface area contributed by atoms with Gasteiger partial charge in [-0.3, -0.25) is 0 Å². The van der Waals surface area contributed by atoms with E-state index in [1.54, 1.807) is 6.20 Å². The molecule has 0 aliphatic rings. The standard InChI is InChI=1S/C17H22N2O/c1-5-7-18-17-11-15(6-8-19-17)20-16-10-12(2)9-13(3)14(16)4/h6,8-11H,5,7H2,1-4H3,(H,18,19). The first-order valence-electron chi connectivity index (χ1n) is 7.05. The van der Waals surface area contributed by atoms with E-state index >= 15 is 0 Å². The summed E-state index contributed by atoms with van der Waals surface area (Å²) in [6.07, 6.45) is 2.84. The van der Waals surface area contributed by atoms with E-state index in [2.05, 4.69) is 50.1 Å². The predicted molar refractivity (Wildman–Crippen MR) is 83.7 cm³/mol. The molecule has 0 spiro atoms. The first kappa shape index (κ1) is 14.4. The largest absolute Gasteiger partial charge is 0.457 e. The van der Waals surface area contributed by atoms with E-state index in [4.69, 9.17) is 4.74 Å². The molecule has 0 saturated heterocycles. The van der Waals surface area contributed by atoms with Gasteiger partial charge in [-0.25, -0.2) is 4.98 Å². The zero-order chi connectivity index (χ0) is 14.5. The summed E-state index contributed by atoms with van der Waals surface area (Å²) in [5, 5.41) is 3.27. The Morgan fingerprint density at radius 1 is 1.15 bits per heavy atom. The number of nitrogens with one attached hydrogen (secondary N) is 1. The maximum absolute atomic E-state index is 6.01. The highest BCUT2D eigenvalue weighted by molar-refractivity contribution is 5.46. The van der Waals surface area contributed by atoms with Crippen LogP contribution < -0.4 is 10.1 Å². The third-order valence-corrected chi connectivity index (χ3v) is 3.28. The van der Waals surface area contributed by atoms with Crippen molar-refractivity contribution in [2.24, 2.45) is 0 Å². The number of anilines is 1. The molecular weight excluding hydrogens is 248 g/mol. The Kier molecular flexibility index (Phi) is 4.61. The van der Waals surface area contributed by atoms with Gasteiger partial charge in [-0.1, -0.05) is 13.0 Å². The molecule has 0 unspecified atom stereocenters. The smallest absolute Gasteiger partial charge is 0.132 e. The number of hydrogen-bond donors (Lipinski definition) is 1. The number of aromatic nitrogens is 1. The highest BCUT2D eigenvalue weighted by Gasteiger charge is 2.06. The molecule has 0 atom stereocenters. The molecule has 106 valence electrons. The Morgan fingerprint density at radius 3 is 2.70 bits per heavy atom. The van der Waals surface area contributed by atoms with Gasteiger partial charge in [0.1, 0.15) is 17.3 Å². The van der Waals surface area contributed by atoms with Crippen molar-refractivity contribution in [3.05, 3.63) is 47.2 Å². The summed E-state index contributed by atoms with van der Waals surface area (Å²) in [5.74, 6) is 2.58. The first-order valence-corrected chi connectivity index (χ1v) is 7.05. The second-order valence-corrected chi connectivity index (χ2v) is 5.11. The molecule has 0 radical (unpaired) electrons. The lowest BCUT2D eigenvalue weighted by Gasteiger charge is -2.13. The maximum Gasteiger partial charge on any atom is 0.132 e. The van der Waals surface area contributed by atoms with E-state index in [0.717, 1.165) is 30.3 Å². The molecule has 1 aromatic carbocycles. The van der Waals surface area contributed by atoms with Crippen molar-refractivity contribution < 1.29 is 4.74 Å². The highest BCUT2D eigenvalue weighted by Crippen LogP contribution is 2.29. The number of aryl methyl sites for hydroxylation is 2. The van der Waals surface area contributed by atoms with Gasteiger partial charge >= 0.3 is 0 Å². The molecule has 3 heteroatoms. The molecule has 0 fully saturated rings. The fourth-order valence-corrected chi connectivity index (χ4v) is 2.06. The number of pyridine rings is 1. The van der Waals surface area contributed by atoms with Gasteiger partial charge in [0.2, 0.25) is 0 Å². The van der Waals surface area contributed by atoms with E-state index < -0.39 is 0 Å². The SMILES string of the molecule is CCCNc1cc(Oc2cc(C)cc(C)c2C)ccn1. The molecule has 0 amide bonds. The third kappa shape index (κ3) is 3.50. The molecule has 0 aliphatic carbocycles. The number of hydrogen-bond acceptors (Lipinski definition) is 3. The summed E-state index contributed by atoms with van der Waals surface area (Å²) in [7, 11) is 0. The summed E-state index contributed by atoms with van der Waals surface area (Å²) in [6, 6.07) is 8.06. The van der Waals surface area contributed by atoms with Crippen LogP contribution in [0.1, 0.15) is 30.0 Å². The van der Waals surface area contributed by atoms with E-state index in [1.165, 1.54) is 16.7 Å². The van der Waals surface area contributed by atoms with Crippen LogP contribution in [0.3, 0.4) is 0 Å². The quantitative estimate of drug-likeness (QED) is 0.860. The molecule has 3 nitrogen and oxygen atoms in total. The fraction of sp³-hybridized carbons (Fsp3) is 0.353. The zero-order valence-corrected chi connectivity index (χ0v) is 12.7. The topological polar surface area (TPSA) is 34.1 Å². The number of nitrogens with zero attached hydrogens (tertiary/aromatic N) is 1. The minimum absolute atomic E-state index is 0.812. The normalized spacial score (nSPS) is 10.4. The predicted octanol–water partition coefficient (Wildman–Crippen LogP) is 4.62. The maximum atomic E-state index is 6.01. The monoisotopic (exact) mass is 270 g/mol. The lowest BCUT2D eigenvalue weighted by atomic mass is 10.1. The second-order valence-electron chi connectivity index (χ2n) is 5.11. The molecule has 0 saturated carbocycles. The molecule has 0 aliphatic heterocycles. The Labute approximate surface area is 121 Å². The van der Waals surface area contributed by atoms with Crippen LogP contribution in [0.4, 0.5) is 5.82 Å². The van der Waals surface area contributed by atoms with Crippen LogP contribution >= 0.6 is 0 Å². The van der Waals surface area contributed by atoms with Crippen molar-refractivity contribution in [1.29, 1.82) is 0 Å². The average Bonchev–Trinajstić information content (AvgIpc) is 2.42. The molecule has 0 bridgehead atoms. The molecular formula is C17H22N2O. The van der Waals surface area contributed by atoms with Crippen molar-refractivity contribution >= 4 is 5.82 Å². The Hall–Kier alpha value is -2.03. The van der Waals surface area contributed by atoms with Crippen molar-refractivity contribution in [3.8, 4) is 11.5 Å². The number of benzene rings is 1. The third-order valence-electron chi connectivity index (χ3n) is 3.28. The van der Waals surface area contributed by atoms with Gasteiger partial charge in [-0.05, 0) is 56.0 Å². The molecule has 20 heavy (non-hydrogen) atoms. The molecule has 1 heterocycles. The summed E-state index contributed by atoms with van der Waals surface area (Å²) >= 11 is 0. The van der Waals surface area contributed by atoms with Gasteiger partial charge in [0, 0.05) is 18.8 Å². The van der Waals surface area contributed by atoms with Gasteiger partial charge in [-0.15, -0.1) is 0 Å². The molecule has 2 aromatic rings. The molecule has 2 rings (SSSR count). The summed E-state index contributed by atoms with van der Waals surface area (Å²) in [5.41, 5.74) is 3.63. The molecule has 1 N–H and O–H groups in total. The van der Waals surface area contributed by atoms with E-state index in [0.29, 0.717) is 0 Å². The van der Waals surface area contributed by atoms with Gasteiger partial charge in [-0.2, -0.15) is 0 Å². The van der Waals surface area contributed by atoms with Gasteiger partial charge in [0.05, 0.1) is 0 Å². The van der Waals surface area contributed by atoms with E-state index in [-0.39, 0.29) is 0 Å². The van der Waals surface area contributed by atoms with E-state index in [1.807, 2.05) is 12.1 Å². The summed E-state index contributed by atoms with van der Waals surface area (Å²) in [6.45, 7) is 9.32. The summed E-state index contributed by atoms with van der Waals surface area (Å²) in [4.78, 5) is 4.28. The van der Waals surface area contributed by atoms with Crippen LogP contribution in [0.5, 0.6) is 11.5 Å². The van der Waals surface area contributed by atoms with Crippen molar-refractivity contribution in [2.45, 2.75) is 34.1 Å². The van der Waals surface area contributed by atoms with Crippen molar-refractivity contribution in [1.82, 2.24) is 4.98 Å². The Morgan fingerprint density at radius 2 is 1.95 bits per heavy atom.